The van der Waals surface area contributed by atoms with Crippen molar-refractivity contribution < 1.29 is 14.4 Å². The fourth-order valence-corrected chi connectivity index (χ4v) is 3.47. The number of amides is 3. The summed E-state index contributed by atoms with van der Waals surface area (Å²) in [6, 6.07) is 17.5. The lowest BCUT2D eigenvalue weighted by Crippen LogP contribution is -2.50. The number of rotatable bonds is 6. The molecule has 0 N–H and O–H groups in total. The number of hydrogen-bond acceptors (Lipinski definition) is 3. The number of carbonyl (C=O) groups excluding carboxylic acids is 3. The minimum absolute atomic E-state index is 0.0264. The van der Waals surface area contributed by atoms with Gasteiger partial charge in [0.25, 0.3) is 5.91 Å². The maximum Gasteiger partial charge on any atom is 0.257 e. The largest absolute Gasteiger partial charge is 0.327 e. The average molecular weight is 364 g/mol. The van der Waals surface area contributed by atoms with Crippen LogP contribution in [0, 0.1) is 0 Å². The lowest BCUT2D eigenvalue weighted by molar-refractivity contribution is -0.140. The average Bonchev–Trinajstić information content (AvgIpc) is 2.97. The Hall–Kier alpha value is -2.95. The molecule has 0 bridgehead atoms. The molecule has 3 rings (SSSR count). The SMILES string of the molecule is CCC(C)N(C(=O)Cc1ccccc1)C1CC(=O)N(c2ccccc2)C1=O. The van der Waals surface area contributed by atoms with E-state index in [2.05, 4.69) is 0 Å². The van der Waals surface area contributed by atoms with Crippen molar-refractivity contribution in [2.75, 3.05) is 4.90 Å². The zero-order valence-electron chi connectivity index (χ0n) is 15.7. The molecule has 5 heteroatoms. The number of hydrogen-bond donors (Lipinski definition) is 0. The third-order valence-corrected chi connectivity index (χ3v) is 5.02. The first kappa shape index (κ1) is 18.8. The van der Waals surface area contributed by atoms with E-state index in [0.29, 0.717) is 12.1 Å². The van der Waals surface area contributed by atoms with E-state index in [1.54, 1.807) is 29.2 Å². The highest BCUT2D eigenvalue weighted by Crippen LogP contribution is 2.27. The smallest absolute Gasteiger partial charge is 0.257 e. The maximum absolute atomic E-state index is 13.0. The van der Waals surface area contributed by atoms with Crippen LogP contribution >= 0.6 is 0 Å². The lowest BCUT2D eigenvalue weighted by atomic mass is 10.1. The van der Waals surface area contributed by atoms with Gasteiger partial charge >= 0.3 is 0 Å². The third kappa shape index (κ3) is 3.92. The Bertz CT molecular complexity index is 820. The Balaban J connectivity index is 1.86. The molecule has 0 spiro atoms. The van der Waals surface area contributed by atoms with E-state index >= 15 is 0 Å². The van der Waals surface area contributed by atoms with Gasteiger partial charge in [-0.25, -0.2) is 4.90 Å². The van der Waals surface area contributed by atoms with Gasteiger partial charge in [-0.15, -0.1) is 0 Å². The molecule has 2 unspecified atom stereocenters. The summed E-state index contributed by atoms with van der Waals surface area (Å²) >= 11 is 0. The first-order chi connectivity index (χ1) is 13.0. The van der Waals surface area contributed by atoms with Gasteiger partial charge in [0.1, 0.15) is 6.04 Å². The highest BCUT2D eigenvalue weighted by atomic mass is 16.2. The van der Waals surface area contributed by atoms with Crippen LogP contribution in [0.2, 0.25) is 0 Å². The van der Waals surface area contributed by atoms with Crippen LogP contribution in [0.3, 0.4) is 0 Å². The minimum Gasteiger partial charge on any atom is -0.327 e. The monoisotopic (exact) mass is 364 g/mol. The molecule has 2 aromatic carbocycles. The van der Waals surface area contributed by atoms with Crippen LogP contribution in [0.4, 0.5) is 5.69 Å². The molecule has 1 aliphatic rings. The van der Waals surface area contributed by atoms with E-state index in [1.807, 2.05) is 50.2 Å². The second kappa shape index (κ2) is 8.16. The summed E-state index contributed by atoms with van der Waals surface area (Å²) in [6.45, 7) is 3.90. The van der Waals surface area contributed by atoms with Gasteiger partial charge in [0.15, 0.2) is 0 Å². The first-order valence-electron chi connectivity index (χ1n) is 9.29. The minimum atomic E-state index is -0.746. The van der Waals surface area contributed by atoms with E-state index in [1.165, 1.54) is 4.90 Å². The van der Waals surface area contributed by atoms with Crippen molar-refractivity contribution in [3.8, 4) is 0 Å². The van der Waals surface area contributed by atoms with Crippen molar-refractivity contribution in [2.45, 2.75) is 45.2 Å². The summed E-state index contributed by atoms with van der Waals surface area (Å²) in [5.41, 5.74) is 1.45. The molecule has 1 heterocycles. The van der Waals surface area contributed by atoms with Gasteiger partial charge in [0.05, 0.1) is 18.5 Å². The number of benzene rings is 2. The standard InChI is InChI=1S/C22H24N2O3/c1-3-16(2)23(20(25)14-17-10-6-4-7-11-17)19-15-21(26)24(22(19)27)18-12-8-5-9-13-18/h4-13,16,19H,3,14-15H2,1-2H3. The number of nitrogens with zero attached hydrogens (tertiary/aromatic N) is 2. The van der Waals surface area contributed by atoms with Gasteiger partial charge in [-0.1, -0.05) is 55.5 Å². The summed E-state index contributed by atoms with van der Waals surface area (Å²) in [4.78, 5) is 41.5. The molecule has 1 fully saturated rings. The molecule has 0 saturated carbocycles. The van der Waals surface area contributed by atoms with Crippen molar-refractivity contribution >= 4 is 23.4 Å². The van der Waals surface area contributed by atoms with Crippen molar-refractivity contribution in [2.24, 2.45) is 0 Å². The van der Waals surface area contributed by atoms with Crippen LogP contribution in [-0.4, -0.2) is 34.7 Å². The van der Waals surface area contributed by atoms with Crippen molar-refractivity contribution in [1.29, 1.82) is 0 Å². The predicted molar refractivity (Wildman–Crippen MR) is 104 cm³/mol. The normalized spacial score (nSPS) is 17.9. The zero-order chi connectivity index (χ0) is 19.4. The Morgan fingerprint density at radius 1 is 1.07 bits per heavy atom. The Labute approximate surface area is 159 Å². The van der Waals surface area contributed by atoms with E-state index < -0.39 is 6.04 Å². The van der Waals surface area contributed by atoms with Crippen LogP contribution in [0.25, 0.3) is 0 Å². The fraction of sp³-hybridized carbons (Fsp3) is 0.318. The zero-order valence-corrected chi connectivity index (χ0v) is 15.7. The maximum atomic E-state index is 13.0. The molecule has 1 aliphatic heterocycles. The summed E-state index contributed by atoms with van der Waals surface area (Å²) in [6.07, 6.45) is 0.955. The fourth-order valence-electron chi connectivity index (χ4n) is 3.47. The molecule has 3 amide bonds. The molecule has 1 saturated heterocycles. The van der Waals surface area contributed by atoms with E-state index in [0.717, 1.165) is 5.56 Å². The van der Waals surface area contributed by atoms with E-state index in [-0.39, 0.29) is 36.6 Å². The van der Waals surface area contributed by atoms with Crippen molar-refractivity contribution in [3.05, 3.63) is 66.2 Å². The van der Waals surface area contributed by atoms with Crippen molar-refractivity contribution in [3.63, 3.8) is 0 Å². The molecular formula is C22H24N2O3. The Kier molecular flexibility index (Phi) is 5.69. The molecule has 0 radical (unpaired) electrons. The first-order valence-corrected chi connectivity index (χ1v) is 9.29. The van der Waals surface area contributed by atoms with E-state index in [4.69, 9.17) is 0 Å². The predicted octanol–water partition coefficient (Wildman–Crippen LogP) is 3.19. The third-order valence-electron chi connectivity index (χ3n) is 5.02. The van der Waals surface area contributed by atoms with Gasteiger partial charge in [-0.05, 0) is 31.0 Å². The molecule has 0 aromatic heterocycles. The topological polar surface area (TPSA) is 57.7 Å². The Morgan fingerprint density at radius 3 is 2.26 bits per heavy atom. The molecular weight excluding hydrogens is 340 g/mol. The van der Waals surface area contributed by atoms with Gasteiger partial charge in [0, 0.05) is 6.04 Å². The van der Waals surface area contributed by atoms with Crippen LogP contribution in [0.1, 0.15) is 32.3 Å². The summed E-state index contributed by atoms with van der Waals surface area (Å²) in [7, 11) is 0. The second-order valence-corrected chi connectivity index (χ2v) is 6.84. The van der Waals surface area contributed by atoms with Crippen molar-refractivity contribution in [1.82, 2.24) is 4.90 Å². The molecule has 0 aliphatic carbocycles. The molecule has 2 atom stereocenters. The molecule has 27 heavy (non-hydrogen) atoms. The van der Waals surface area contributed by atoms with Crippen LogP contribution in [0.15, 0.2) is 60.7 Å². The van der Waals surface area contributed by atoms with Gasteiger partial charge < -0.3 is 4.90 Å². The molecule has 140 valence electrons. The van der Waals surface area contributed by atoms with Gasteiger partial charge in [-0.3, -0.25) is 14.4 Å². The number of carbonyl (C=O) groups is 3. The van der Waals surface area contributed by atoms with E-state index in [9.17, 15) is 14.4 Å². The van der Waals surface area contributed by atoms with Crippen LogP contribution < -0.4 is 4.90 Å². The van der Waals surface area contributed by atoms with Crippen LogP contribution in [-0.2, 0) is 20.8 Å². The molecule has 5 nitrogen and oxygen atoms in total. The summed E-state index contributed by atoms with van der Waals surface area (Å²) in [5.74, 6) is -0.721. The highest BCUT2D eigenvalue weighted by Gasteiger charge is 2.45. The van der Waals surface area contributed by atoms with Gasteiger partial charge in [-0.2, -0.15) is 0 Å². The lowest BCUT2D eigenvalue weighted by Gasteiger charge is -2.33. The highest BCUT2D eigenvalue weighted by molar-refractivity contribution is 6.23. The second-order valence-electron chi connectivity index (χ2n) is 6.84. The number of para-hydroxylation sites is 1. The van der Waals surface area contributed by atoms with Crippen LogP contribution in [0.5, 0.6) is 0 Å². The van der Waals surface area contributed by atoms with Gasteiger partial charge in [0.2, 0.25) is 11.8 Å². The quantitative estimate of drug-likeness (QED) is 0.740. The summed E-state index contributed by atoms with van der Waals surface area (Å²) in [5, 5.41) is 0. The number of anilines is 1. The molecule has 2 aromatic rings. The Morgan fingerprint density at radius 2 is 1.67 bits per heavy atom. The number of imide groups is 1. The summed E-state index contributed by atoms with van der Waals surface area (Å²) < 4.78 is 0.